The third-order valence-corrected chi connectivity index (χ3v) is 6.29. The van der Waals surface area contributed by atoms with E-state index in [4.69, 9.17) is 11.6 Å². The normalized spacial score (nSPS) is 43.3. The molecule has 1 aromatic rings. The number of nitrogens with zero attached hydrogens (tertiary/aromatic N) is 1. The van der Waals surface area contributed by atoms with Crippen LogP contribution >= 0.6 is 11.6 Å². The van der Waals surface area contributed by atoms with Crippen LogP contribution in [0.4, 0.5) is 0 Å². The zero-order valence-electron chi connectivity index (χ0n) is 10.7. The van der Waals surface area contributed by atoms with E-state index >= 15 is 0 Å². The van der Waals surface area contributed by atoms with Gasteiger partial charge in [-0.1, -0.05) is 0 Å². The van der Waals surface area contributed by atoms with Crippen LogP contribution in [-0.2, 0) is 6.42 Å². The minimum absolute atomic E-state index is 0.275. The molecule has 18 heavy (non-hydrogen) atoms. The second kappa shape index (κ2) is 4.00. The van der Waals surface area contributed by atoms with Crippen LogP contribution in [0.2, 0.25) is 0 Å². The van der Waals surface area contributed by atoms with Gasteiger partial charge >= 0.3 is 0 Å². The molecule has 4 bridgehead atoms. The van der Waals surface area contributed by atoms with E-state index in [1.807, 2.05) is 12.4 Å². The van der Waals surface area contributed by atoms with E-state index in [9.17, 15) is 0 Å². The molecule has 1 atom stereocenters. The van der Waals surface area contributed by atoms with Crippen molar-refractivity contribution in [3.8, 4) is 0 Å². The number of imidazole rings is 1. The highest BCUT2D eigenvalue weighted by Crippen LogP contribution is 2.62. The maximum atomic E-state index is 6.83. The molecule has 0 radical (unpaired) electrons. The summed E-state index contributed by atoms with van der Waals surface area (Å²) in [5, 5.41) is 0.275. The first-order chi connectivity index (χ1) is 8.73. The summed E-state index contributed by atoms with van der Waals surface area (Å²) in [6.45, 7) is 0. The molecule has 1 unspecified atom stereocenters. The summed E-state index contributed by atoms with van der Waals surface area (Å²) in [5.74, 6) is 4.00. The standard InChI is InChI=1S/C15H21ClN2/c16-13(6-14-17-1-2-18-14)15-7-10-3-11(8-15)5-12(4-10)9-15/h1-2,10-13H,3-9H2,(H,17,18). The Balaban J connectivity index is 1.56. The lowest BCUT2D eigenvalue weighted by atomic mass is 9.48. The number of aromatic nitrogens is 2. The van der Waals surface area contributed by atoms with Crippen molar-refractivity contribution in [2.75, 3.05) is 0 Å². The van der Waals surface area contributed by atoms with Crippen LogP contribution in [0, 0.1) is 23.2 Å². The zero-order valence-corrected chi connectivity index (χ0v) is 11.5. The molecule has 0 aromatic carbocycles. The van der Waals surface area contributed by atoms with Crippen LogP contribution in [0.1, 0.15) is 44.3 Å². The van der Waals surface area contributed by atoms with Crippen LogP contribution in [0.25, 0.3) is 0 Å². The van der Waals surface area contributed by atoms with Gasteiger partial charge in [0, 0.05) is 24.2 Å². The van der Waals surface area contributed by atoms with Gasteiger partial charge in [0.2, 0.25) is 0 Å². The molecule has 0 amide bonds. The molecule has 4 fully saturated rings. The minimum atomic E-state index is 0.275. The second-order valence-corrected chi connectivity index (χ2v) is 7.51. The maximum absolute atomic E-state index is 6.83. The molecule has 4 aliphatic carbocycles. The van der Waals surface area contributed by atoms with Crippen molar-refractivity contribution < 1.29 is 0 Å². The van der Waals surface area contributed by atoms with Crippen LogP contribution in [-0.4, -0.2) is 15.3 Å². The molecule has 98 valence electrons. The van der Waals surface area contributed by atoms with E-state index < -0.39 is 0 Å². The number of halogens is 1. The van der Waals surface area contributed by atoms with Crippen molar-refractivity contribution in [1.82, 2.24) is 9.97 Å². The van der Waals surface area contributed by atoms with E-state index in [2.05, 4.69) is 9.97 Å². The van der Waals surface area contributed by atoms with Crippen molar-refractivity contribution >= 4 is 11.6 Å². The lowest BCUT2D eigenvalue weighted by Crippen LogP contribution is -2.50. The van der Waals surface area contributed by atoms with Crippen molar-refractivity contribution in [1.29, 1.82) is 0 Å². The highest BCUT2D eigenvalue weighted by atomic mass is 35.5. The molecular weight excluding hydrogens is 244 g/mol. The van der Waals surface area contributed by atoms with E-state index in [-0.39, 0.29) is 5.38 Å². The summed E-state index contributed by atoms with van der Waals surface area (Å²) in [5.41, 5.74) is 0.434. The Kier molecular flexibility index (Phi) is 2.52. The number of nitrogens with one attached hydrogen (secondary N) is 1. The SMILES string of the molecule is ClC(Cc1ncc[nH]1)C12CC3CC(CC(C3)C1)C2. The summed E-state index contributed by atoms with van der Waals surface area (Å²) in [7, 11) is 0. The molecular formula is C15H21ClN2. The molecule has 0 aliphatic heterocycles. The number of aromatic amines is 1. The number of hydrogen-bond donors (Lipinski definition) is 1. The molecule has 1 N–H and O–H groups in total. The average Bonchev–Trinajstić information content (AvgIpc) is 2.79. The van der Waals surface area contributed by atoms with E-state index in [1.54, 1.807) is 0 Å². The topological polar surface area (TPSA) is 28.7 Å². The quantitative estimate of drug-likeness (QED) is 0.827. The number of hydrogen-bond acceptors (Lipinski definition) is 1. The summed E-state index contributed by atoms with van der Waals surface area (Å²) in [6.07, 6.45) is 13.3. The molecule has 2 nitrogen and oxygen atoms in total. The van der Waals surface area contributed by atoms with Gasteiger partial charge in [-0.25, -0.2) is 4.98 Å². The van der Waals surface area contributed by atoms with E-state index in [1.165, 1.54) is 38.5 Å². The van der Waals surface area contributed by atoms with Gasteiger partial charge in [-0.05, 0) is 61.7 Å². The fourth-order valence-electron chi connectivity index (χ4n) is 5.36. The van der Waals surface area contributed by atoms with Crippen molar-refractivity contribution in [2.45, 2.75) is 50.3 Å². The first-order valence-corrected chi connectivity index (χ1v) is 7.79. The molecule has 1 heterocycles. The smallest absolute Gasteiger partial charge is 0.107 e. The van der Waals surface area contributed by atoms with Gasteiger partial charge in [0.05, 0.1) is 0 Å². The fraction of sp³-hybridized carbons (Fsp3) is 0.800. The van der Waals surface area contributed by atoms with Crippen molar-refractivity contribution in [2.24, 2.45) is 23.2 Å². The summed E-state index contributed by atoms with van der Waals surface area (Å²) >= 11 is 6.83. The molecule has 3 heteroatoms. The van der Waals surface area contributed by atoms with Crippen molar-refractivity contribution in [3.63, 3.8) is 0 Å². The third-order valence-electron chi connectivity index (χ3n) is 5.68. The van der Waals surface area contributed by atoms with Crippen molar-refractivity contribution in [3.05, 3.63) is 18.2 Å². The maximum Gasteiger partial charge on any atom is 0.107 e. The van der Waals surface area contributed by atoms with Gasteiger partial charge < -0.3 is 4.98 Å². The Labute approximate surface area is 114 Å². The lowest BCUT2D eigenvalue weighted by Gasteiger charge is -2.58. The summed E-state index contributed by atoms with van der Waals surface area (Å²) < 4.78 is 0. The van der Waals surface area contributed by atoms with E-state index in [0.29, 0.717) is 5.41 Å². The van der Waals surface area contributed by atoms with Crippen LogP contribution in [0.3, 0.4) is 0 Å². The predicted octanol–water partition coefficient (Wildman–Crippen LogP) is 3.78. The van der Waals surface area contributed by atoms with Crippen LogP contribution < -0.4 is 0 Å². The highest BCUT2D eigenvalue weighted by Gasteiger charge is 2.53. The predicted molar refractivity (Wildman–Crippen MR) is 72.5 cm³/mol. The Bertz CT molecular complexity index is 390. The minimum Gasteiger partial charge on any atom is -0.349 e. The Hall–Kier alpha value is -0.500. The highest BCUT2D eigenvalue weighted by molar-refractivity contribution is 6.21. The van der Waals surface area contributed by atoms with Gasteiger partial charge in [-0.2, -0.15) is 0 Å². The summed E-state index contributed by atoms with van der Waals surface area (Å²) in [4.78, 5) is 7.55. The molecule has 0 spiro atoms. The monoisotopic (exact) mass is 264 g/mol. The first kappa shape index (κ1) is 11.3. The Morgan fingerprint density at radius 3 is 2.33 bits per heavy atom. The third kappa shape index (κ3) is 1.72. The lowest BCUT2D eigenvalue weighted by molar-refractivity contribution is -0.0547. The fourth-order valence-corrected chi connectivity index (χ4v) is 5.77. The van der Waals surface area contributed by atoms with Crippen LogP contribution in [0.5, 0.6) is 0 Å². The first-order valence-electron chi connectivity index (χ1n) is 7.36. The van der Waals surface area contributed by atoms with Gasteiger partial charge in [0.25, 0.3) is 0 Å². The summed E-state index contributed by atoms with van der Waals surface area (Å²) in [6, 6.07) is 0. The van der Waals surface area contributed by atoms with Gasteiger partial charge in [-0.15, -0.1) is 11.6 Å². The van der Waals surface area contributed by atoms with Crippen LogP contribution in [0.15, 0.2) is 12.4 Å². The zero-order chi connectivity index (χ0) is 12.2. The molecule has 4 saturated carbocycles. The van der Waals surface area contributed by atoms with E-state index in [0.717, 1.165) is 30.0 Å². The molecule has 5 rings (SSSR count). The number of alkyl halides is 1. The largest absolute Gasteiger partial charge is 0.349 e. The number of rotatable bonds is 3. The molecule has 4 aliphatic rings. The van der Waals surface area contributed by atoms with Gasteiger partial charge in [0.15, 0.2) is 0 Å². The Morgan fingerprint density at radius 2 is 1.83 bits per heavy atom. The Morgan fingerprint density at radius 1 is 1.22 bits per heavy atom. The molecule has 1 aromatic heterocycles. The second-order valence-electron chi connectivity index (χ2n) is 6.99. The van der Waals surface area contributed by atoms with Gasteiger partial charge in [-0.3, -0.25) is 0 Å². The average molecular weight is 265 g/mol. The number of H-pyrrole nitrogens is 1. The molecule has 0 saturated heterocycles. The van der Waals surface area contributed by atoms with Gasteiger partial charge in [0.1, 0.15) is 5.82 Å².